The van der Waals surface area contributed by atoms with E-state index in [-0.39, 0.29) is 11.3 Å². The molecule has 1 N–H and O–H groups in total. The third-order valence-electron chi connectivity index (χ3n) is 4.33. The molecular weight excluding hydrogens is 406 g/mol. The summed E-state index contributed by atoms with van der Waals surface area (Å²) in [6.07, 6.45) is 0. The lowest BCUT2D eigenvalue weighted by Gasteiger charge is -2.17. The number of fused-ring (bicyclic) bond motifs is 1. The van der Waals surface area contributed by atoms with Crippen LogP contribution in [0.15, 0.2) is 30.3 Å². The van der Waals surface area contributed by atoms with Gasteiger partial charge in [-0.05, 0) is 49.7 Å². The van der Waals surface area contributed by atoms with Crippen molar-refractivity contribution < 1.29 is 23.0 Å². The van der Waals surface area contributed by atoms with Gasteiger partial charge in [0.2, 0.25) is 0 Å². The molecule has 1 atom stereocenters. The Morgan fingerprint density at radius 1 is 1.24 bits per heavy atom. The first-order chi connectivity index (χ1) is 13.6. The van der Waals surface area contributed by atoms with E-state index < -0.39 is 23.0 Å². The van der Waals surface area contributed by atoms with E-state index >= 15 is 0 Å². The normalized spacial score (nSPS) is 12.7. The molecule has 2 heterocycles. The zero-order valence-corrected chi connectivity index (χ0v) is 16.9. The number of aryl methyl sites for hydroxylation is 1. The molecular formula is C19H19ClF2N4O3. The van der Waals surface area contributed by atoms with Crippen molar-refractivity contribution in [1.82, 2.24) is 19.9 Å². The van der Waals surface area contributed by atoms with Crippen molar-refractivity contribution in [1.29, 1.82) is 0 Å². The zero-order chi connectivity index (χ0) is 21.3. The number of halogens is 3. The number of amides is 1. The van der Waals surface area contributed by atoms with Crippen LogP contribution in [0.5, 0.6) is 11.5 Å². The maximum absolute atomic E-state index is 13.7. The highest BCUT2D eigenvalue weighted by Crippen LogP contribution is 2.33. The summed E-state index contributed by atoms with van der Waals surface area (Å²) < 4.78 is 38.8. The molecule has 1 amide bonds. The Kier molecular flexibility index (Phi) is 5.61. The Morgan fingerprint density at radius 3 is 2.59 bits per heavy atom. The van der Waals surface area contributed by atoms with E-state index in [9.17, 15) is 13.6 Å². The summed E-state index contributed by atoms with van der Waals surface area (Å²) >= 11 is 5.18. The lowest BCUT2D eigenvalue weighted by Crippen LogP contribution is -2.27. The van der Waals surface area contributed by atoms with Gasteiger partial charge in [-0.1, -0.05) is 0 Å². The molecule has 0 fully saturated rings. The molecule has 0 aliphatic heterocycles. The average molecular weight is 425 g/mol. The van der Waals surface area contributed by atoms with Crippen LogP contribution >= 0.6 is 11.6 Å². The van der Waals surface area contributed by atoms with Crippen LogP contribution in [0.2, 0.25) is 0 Å². The lowest BCUT2D eigenvalue weighted by molar-refractivity contribution is 0.0863. The smallest absolute Gasteiger partial charge is 0.364 e. The van der Waals surface area contributed by atoms with Crippen molar-refractivity contribution in [3.8, 4) is 11.5 Å². The maximum atomic E-state index is 13.7. The molecule has 0 saturated heterocycles. The lowest BCUT2D eigenvalue weighted by atomic mass is 10.1. The highest BCUT2D eigenvalue weighted by atomic mass is 35.5. The number of carbonyl (C=O) groups is 1. The van der Waals surface area contributed by atoms with Crippen LogP contribution in [0.4, 0.5) is 8.78 Å². The van der Waals surface area contributed by atoms with Crippen LogP contribution in [-0.2, 0) is 5.38 Å². The summed E-state index contributed by atoms with van der Waals surface area (Å²) in [5.41, 5.74) is 0.472. The maximum Gasteiger partial charge on any atom is 0.364 e. The van der Waals surface area contributed by atoms with E-state index in [1.54, 1.807) is 32.0 Å². The van der Waals surface area contributed by atoms with Crippen LogP contribution < -0.4 is 14.8 Å². The molecule has 7 nitrogen and oxygen atoms in total. The molecule has 3 rings (SSSR count). The molecule has 2 aromatic heterocycles. The van der Waals surface area contributed by atoms with Crippen LogP contribution in [0.1, 0.15) is 40.4 Å². The first-order valence-corrected chi connectivity index (χ1v) is 8.99. The summed E-state index contributed by atoms with van der Waals surface area (Å²) in [6.45, 7) is 3.31. The first kappa shape index (κ1) is 20.8. The van der Waals surface area contributed by atoms with Crippen molar-refractivity contribution in [3.63, 3.8) is 0 Å². The molecule has 1 aromatic carbocycles. The van der Waals surface area contributed by atoms with Crippen molar-refractivity contribution in [2.75, 3.05) is 14.2 Å². The second-order valence-electron chi connectivity index (χ2n) is 6.38. The fraction of sp³-hybridized carbons (Fsp3) is 0.316. The van der Waals surface area contributed by atoms with Crippen molar-refractivity contribution in [3.05, 3.63) is 53.0 Å². The van der Waals surface area contributed by atoms with E-state index in [4.69, 9.17) is 21.1 Å². The minimum atomic E-state index is -3.66. The van der Waals surface area contributed by atoms with E-state index in [0.717, 1.165) is 10.6 Å². The molecule has 0 aliphatic rings. The van der Waals surface area contributed by atoms with Crippen LogP contribution in [0, 0.1) is 6.92 Å². The van der Waals surface area contributed by atoms with Gasteiger partial charge in [0.25, 0.3) is 5.91 Å². The SMILES string of the molecule is COc1ccc(OC)c(C(C)NC(=O)c2cc3nc(C)cc(C(F)(F)Cl)n3n2)c1. The van der Waals surface area contributed by atoms with E-state index in [1.807, 2.05) is 0 Å². The number of hydrogen-bond acceptors (Lipinski definition) is 5. The Bertz CT molecular complexity index is 1070. The molecule has 0 radical (unpaired) electrons. The van der Waals surface area contributed by atoms with E-state index in [1.165, 1.54) is 20.3 Å². The molecule has 0 spiro atoms. The van der Waals surface area contributed by atoms with E-state index in [0.29, 0.717) is 22.8 Å². The predicted molar refractivity (Wildman–Crippen MR) is 103 cm³/mol. The van der Waals surface area contributed by atoms with Gasteiger partial charge >= 0.3 is 5.38 Å². The molecule has 0 saturated carbocycles. The summed E-state index contributed by atoms with van der Waals surface area (Å²) in [6, 6.07) is 7.18. The molecule has 0 aliphatic carbocycles. The molecule has 1 unspecified atom stereocenters. The second kappa shape index (κ2) is 7.82. The summed E-state index contributed by atoms with van der Waals surface area (Å²) in [5, 5.41) is 3.08. The Balaban J connectivity index is 1.93. The van der Waals surface area contributed by atoms with Crippen LogP contribution in [0.25, 0.3) is 5.65 Å². The van der Waals surface area contributed by atoms with Gasteiger partial charge in [0.05, 0.1) is 20.3 Å². The van der Waals surface area contributed by atoms with Gasteiger partial charge < -0.3 is 14.8 Å². The predicted octanol–water partition coefficient (Wildman–Crippen LogP) is 3.83. The van der Waals surface area contributed by atoms with Gasteiger partial charge in [-0.25, -0.2) is 9.50 Å². The number of methoxy groups -OCH3 is 2. The number of hydrogen-bond donors (Lipinski definition) is 1. The van der Waals surface area contributed by atoms with Crippen LogP contribution in [0.3, 0.4) is 0 Å². The van der Waals surface area contributed by atoms with Crippen LogP contribution in [-0.4, -0.2) is 34.7 Å². The number of alkyl halides is 3. The van der Waals surface area contributed by atoms with Crippen molar-refractivity contribution in [2.24, 2.45) is 0 Å². The van der Waals surface area contributed by atoms with Gasteiger partial charge in [-0.3, -0.25) is 4.79 Å². The number of nitrogens with one attached hydrogen (secondary N) is 1. The topological polar surface area (TPSA) is 77.8 Å². The molecule has 154 valence electrons. The molecule has 0 bridgehead atoms. The molecule has 29 heavy (non-hydrogen) atoms. The average Bonchev–Trinajstić information content (AvgIpc) is 3.09. The quantitative estimate of drug-likeness (QED) is 0.608. The minimum absolute atomic E-state index is 0.0704. The van der Waals surface area contributed by atoms with Gasteiger partial charge in [0.15, 0.2) is 11.3 Å². The minimum Gasteiger partial charge on any atom is -0.497 e. The highest BCUT2D eigenvalue weighted by molar-refractivity contribution is 6.21. The van der Waals surface area contributed by atoms with Crippen molar-refractivity contribution in [2.45, 2.75) is 25.3 Å². The Morgan fingerprint density at radius 2 is 1.97 bits per heavy atom. The van der Waals surface area contributed by atoms with Gasteiger partial charge in [0, 0.05) is 17.3 Å². The second-order valence-corrected chi connectivity index (χ2v) is 6.86. The molecule has 10 heteroatoms. The summed E-state index contributed by atoms with van der Waals surface area (Å²) in [7, 11) is 3.05. The fourth-order valence-electron chi connectivity index (χ4n) is 2.94. The van der Waals surface area contributed by atoms with Crippen molar-refractivity contribution >= 4 is 23.2 Å². The summed E-state index contributed by atoms with van der Waals surface area (Å²) in [5.74, 6) is 0.604. The number of rotatable bonds is 6. The number of nitrogens with zero attached hydrogens (tertiary/aromatic N) is 3. The Hall–Kier alpha value is -2.94. The number of carbonyl (C=O) groups excluding carboxylic acids is 1. The Labute approximate surface area is 170 Å². The van der Waals surface area contributed by atoms with Gasteiger partial charge in [-0.2, -0.15) is 13.9 Å². The summed E-state index contributed by atoms with van der Waals surface area (Å²) in [4.78, 5) is 16.8. The monoisotopic (exact) mass is 424 g/mol. The van der Waals surface area contributed by atoms with Gasteiger partial charge in [0.1, 0.15) is 17.2 Å². The number of ether oxygens (including phenoxy) is 2. The third-order valence-corrected chi connectivity index (χ3v) is 4.52. The first-order valence-electron chi connectivity index (χ1n) is 8.61. The standard InChI is InChI=1S/C19H19ClF2N4O3/c1-10-7-16(19(20,21)22)26-17(23-10)9-14(25-26)18(27)24-11(2)13-8-12(28-3)5-6-15(13)29-4/h5-9,11H,1-4H3,(H,24,27). The number of benzene rings is 1. The number of aromatic nitrogens is 3. The van der Waals surface area contributed by atoms with Gasteiger partial charge in [-0.15, -0.1) is 0 Å². The fourth-order valence-corrected chi connectivity index (χ4v) is 3.07. The largest absolute Gasteiger partial charge is 0.497 e. The third kappa shape index (κ3) is 4.24. The zero-order valence-electron chi connectivity index (χ0n) is 16.2. The van der Waals surface area contributed by atoms with E-state index in [2.05, 4.69) is 15.4 Å². The molecule has 3 aromatic rings. The highest BCUT2D eigenvalue weighted by Gasteiger charge is 2.33.